The lowest BCUT2D eigenvalue weighted by atomic mass is 10.3. The number of nitrogens with zero attached hydrogens (tertiary/aromatic N) is 3. The maximum Gasteiger partial charge on any atom is 0.106 e. The molecule has 0 unspecified atom stereocenters. The van der Waals surface area contributed by atoms with Gasteiger partial charge >= 0.3 is 0 Å². The summed E-state index contributed by atoms with van der Waals surface area (Å²) in [5.74, 6) is 1.94. The third kappa shape index (κ3) is 3.09. The predicted molar refractivity (Wildman–Crippen MR) is 87.7 cm³/mol. The average molecular weight is 315 g/mol. The zero-order valence-corrected chi connectivity index (χ0v) is 13.0. The minimum absolute atomic E-state index is 0.120. The van der Waals surface area contributed by atoms with Crippen LogP contribution in [0, 0.1) is 6.92 Å². The van der Waals surface area contributed by atoms with Crippen molar-refractivity contribution in [1.29, 1.82) is 0 Å². The molecule has 22 heavy (non-hydrogen) atoms. The fourth-order valence-electron chi connectivity index (χ4n) is 2.41. The number of hydrogen-bond donors (Lipinski definition) is 2. The normalized spacial score (nSPS) is 11.0. The molecule has 1 aromatic heterocycles. The molecule has 0 atom stereocenters. The zero-order chi connectivity index (χ0) is 15.5. The van der Waals surface area contributed by atoms with Crippen LogP contribution in [0.1, 0.15) is 5.82 Å². The van der Waals surface area contributed by atoms with Crippen molar-refractivity contribution < 1.29 is 10.4 Å². The second kappa shape index (κ2) is 6.39. The van der Waals surface area contributed by atoms with E-state index in [9.17, 15) is 0 Å². The summed E-state index contributed by atoms with van der Waals surface area (Å²) in [5, 5.41) is 18.0. The Labute approximate surface area is 132 Å². The van der Waals surface area contributed by atoms with Gasteiger partial charge in [-0.3, -0.25) is 10.4 Å². The van der Waals surface area contributed by atoms with Crippen LogP contribution in [0.5, 0.6) is 0 Å². The number of thioether (sulfide) groups is 1. The summed E-state index contributed by atoms with van der Waals surface area (Å²) >= 11 is 1.73. The highest BCUT2D eigenvalue weighted by atomic mass is 32.2. The Balaban J connectivity index is 1.66. The van der Waals surface area contributed by atoms with Crippen molar-refractivity contribution >= 4 is 28.5 Å². The summed E-state index contributed by atoms with van der Waals surface area (Å²) in [6.07, 6.45) is 0. The fraction of sp³-hybridized carbons (Fsp3) is 0.188. The Morgan fingerprint density at radius 3 is 2.55 bits per heavy atom. The average Bonchev–Trinajstić information content (AvgIpc) is 2.84. The lowest BCUT2D eigenvalue weighted by Gasteiger charge is -2.09. The molecule has 5 nitrogen and oxygen atoms in total. The van der Waals surface area contributed by atoms with Gasteiger partial charge in [0.05, 0.1) is 16.7 Å². The second-order valence-electron chi connectivity index (χ2n) is 4.93. The summed E-state index contributed by atoms with van der Waals surface area (Å²) in [7, 11) is 0. The molecule has 114 valence electrons. The summed E-state index contributed by atoms with van der Waals surface area (Å²) < 4.78 is 2.22. The van der Waals surface area contributed by atoms with Gasteiger partial charge in [0.15, 0.2) is 0 Å². The highest BCUT2D eigenvalue weighted by Gasteiger charge is 2.06. The van der Waals surface area contributed by atoms with E-state index in [-0.39, 0.29) is 5.23 Å². The van der Waals surface area contributed by atoms with Crippen LogP contribution in [0.2, 0.25) is 0 Å². The lowest BCUT2D eigenvalue weighted by molar-refractivity contribution is 0.0291. The first-order valence-corrected chi connectivity index (χ1v) is 7.96. The third-order valence-electron chi connectivity index (χ3n) is 3.50. The lowest BCUT2D eigenvalue weighted by Crippen LogP contribution is -2.10. The molecule has 0 bridgehead atoms. The predicted octanol–water partition coefficient (Wildman–Crippen LogP) is 3.72. The van der Waals surface area contributed by atoms with Gasteiger partial charge in [-0.2, -0.15) is 0 Å². The zero-order valence-electron chi connectivity index (χ0n) is 12.2. The Hall–Kier alpha value is -2.02. The number of imidazole rings is 1. The molecule has 0 aliphatic rings. The first kappa shape index (κ1) is 14.9. The summed E-state index contributed by atoms with van der Waals surface area (Å²) in [6.45, 7) is 2.90. The molecule has 3 aromatic rings. The van der Waals surface area contributed by atoms with Gasteiger partial charge in [0, 0.05) is 17.2 Å². The van der Waals surface area contributed by atoms with E-state index >= 15 is 0 Å². The maximum atomic E-state index is 8.92. The fourth-order valence-corrected chi connectivity index (χ4v) is 3.25. The summed E-state index contributed by atoms with van der Waals surface area (Å²) in [4.78, 5) is 5.65. The Bertz CT molecular complexity index is 769. The summed E-state index contributed by atoms with van der Waals surface area (Å²) in [6, 6.07) is 15.2. The van der Waals surface area contributed by atoms with E-state index in [2.05, 4.69) is 15.6 Å². The molecule has 0 aliphatic heterocycles. The highest BCUT2D eigenvalue weighted by Crippen LogP contribution is 2.23. The largest absolute Gasteiger partial charge is 0.327 e. The standard InChI is InChI=1S/C16H17N3O2S/c1-12-17-15-4-2-3-5-16(15)18(12)10-11-22-14-8-6-13(7-9-14)19(20)21/h2-9,20-21H,10-11H2,1H3. The topological polar surface area (TPSA) is 61.5 Å². The van der Waals surface area contributed by atoms with Crippen LogP contribution in [0.25, 0.3) is 11.0 Å². The molecule has 0 aliphatic carbocycles. The monoisotopic (exact) mass is 315 g/mol. The summed E-state index contributed by atoms with van der Waals surface area (Å²) in [5.41, 5.74) is 2.54. The quantitative estimate of drug-likeness (QED) is 0.555. The molecule has 2 aromatic carbocycles. The van der Waals surface area contributed by atoms with Crippen molar-refractivity contribution in [3.63, 3.8) is 0 Å². The number of anilines is 1. The van der Waals surface area contributed by atoms with Crippen molar-refractivity contribution in [1.82, 2.24) is 9.55 Å². The molecule has 0 fully saturated rings. The van der Waals surface area contributed by atoms with Gasteiger partial charge in [0.2, 0.25) is 0 Å². The van der Waals surface area contributed by atoms with Crippen LogP contribution in [-0.4, -0.2) is 25.7 Å². The van der Waals surface area contributed by atoms with Crippen LogP contribution in [-0.2, 0) is 6.54 Å². The third-order valence-corrected chi connectivity index (χ3v) is 4.49. The van der Waals surface area contributed by atoms with E-state index in [1.807, 2.05) is 37.3 Å². The SMILES string of the molecule is Cc1nc2ccccc2n1CCSc1ccc(N(O)O)cc1. The molecule has 1 heterocycles. The number of benzene rings is 2. The van der Waals surface area contributed by atoms with Crippen molar-refractivity contribution in [2.24, 2.45) is 0 Å². The molecule has 3 rings (SSSR count). The van der Waals surface area contributed by atoms with Gasteiger partial charge in [0.25, 0.3) is 0 Å². The van der Waals surface area contributed by atoms with Gasteiger partial charge in [-0.05, 0) is 43.3 Å². The molecule has 0 radical (unpaired) electrons. The van der Waals surface area contributed by atoms with Crippen molar-refractivity contribution in [3.8, 4) is 0 Å². The minimum Gasteiger partial charge on any atom is -0.327 e. The van der Waals surface area contributed by atoms with Gasteiger partial charge in [-0.25, -0.2) is 4.98 Å². The van der Waals surface area contributed by atoms with Crippen LogP contribution >= 0.6 is 11.8 Å². The minimum atomic E-state index is 0.120. The number of rotatable bonds is 5. The van der Waals surface area contributed by atoms with Crippen LogP contribution < -0.4 is 5.23 Å². The van der Waals surface area contributed by atoms with Crippen LogP contribution in [0.3, 0.4) is 0 Å². The first-order chi connectivity index (χ1) is 10.6. The molecule has 0 saturated heterocycles. The number of aromatic nitrogens is 2. The van der Waals surface area contributed by atoms with Crippen LogP contribution in [0.15, 0.2) is 53.4 Å². The number of aryl methyl sites for hydroxylation is 2. The number of fused-ring (bicyclic) bond motifs is 1. The van der Waals surface area contributed by atoms with Gasteiger partial charge in [-0.15, -0.1) is 17.0 Å². The number of para-hydroxylation sites is 2. The van der Waals surface area contributed by atoms with Crippen molar-refractivity contribution in [3.05, 3.63) is 54.4 Å². The van der Waals surface area contributed by atoms with Crippen molar-refractivity contribution in [2.75, 3.05) is 11.0 Å². The van der Waals surface area contributed by atoms with Crippen LogP contribution in [0.4, 0.5) is 5.69 Å². The van der Waals surface area contributed by atoms with Crippen molar-refractivity contribution in [2.45, 2.75) is 18.4 Å². The molecule has 6 heteroatoms. The molecule has 0 amide bonds. The van der Waals surface area contributed by atoms with E-state index in [1.165, 1.54) is 0 Å². The van der Waals surface area contributed by atoms with E-state index in [0.29, 0.717) is 5.69 Å². The Morgan fingerprint density at radius 1 is 1.09 bits per heavy atom. The Kier molecular flexibility index (Phi) is 4.33. The van der Waals surface area contributed by atoms with E-state index in [0.717, 1.165) is 34.1 Å². The molecule has 2 N–H and O–H groups in total. The molecular weight excluding hydrogens is 298 g/mol. The molecule has 0 saturated carbocycles. The van der Waals surface area contributed by atoms with Gasteiger partial charge in [-0.1, -0.05) is 12.1 Å². The smallest absolute Gasteiger partial charge is 0.106 e. The van der Waals surface area contributed by atoms with E-state index in [1.54, 1.807) is 23.9 Å². The molecular formula is C16H17N3O2S. The maximum absolute atomic E-state index is 8.92. The van der Waals surface area contributed by atoms with Gasteiger partial charge in [0.1, 0.15) is 5.82 Å². The van der Waals surface area contributed by atoms with E-state index in [4.69, 9.17) is 10.4 Å². The first-order valence-electron chi connectivity index (χ1n) is 6.98. The second-order valence-corrected chi connectivity index (χ2v) is 6.10. The van der Waals surface area contributed by atoms with E-state index < -0.39 is 0 Å². The number of hydrogen-bond acceptors (Lipinski definition) is 5. The van der Waals surface area contributed by atoms with Gasteiger partial charge < -0.3 is 4.57 Å². The molecule has 0 spiro atoms. The highest BCUT2D eigenvalue weighted by molar-refractivity contribution is 7.99. The Morgan fingerprint density at radius 2 is 1.82 bits per heavy atom.